The third-order valence-corrected chi connectivity index (χ3v) is 3.33. The minimum Gasteiger partial charge on any atom is -0.454 e. The van der Waals surface area contributed by atoms with E-state index in [1.807, 2.05) is 12.1 Å². The van der Waals surface area contributed by atoms with Crippen LogP contribution in [0.4, 0.5) is 0 Å². The molecule has 1 amide bonds. The Morgan fingerprint density at radius 1 is 1.24 bits per heavy atom. The first-order valence-corrected chi connectivity index (χ1v) is 6.04. The molecule has 0 saturated heterocycles. The molecular weight excluding hydrogens is 218 g/mol. The average Bonchev–Trinajstić information content (AvgIpc) is 2.97. The van der Waals surface area contributed by atoms with Crippen molar-refractivity contribution in [3.63, 3.8) is 0 Å². The van der Waals surface area contributed by atoms with Gasteiger partial charge in [-0.2, -0.15) is 0 Å². The third-order valence-electron chi connectivity index (χ3n) is 3.33. The van der Waals surface area contributed by atoms with Gasteiger partial charge in [0.1, 0.15) is 0 Å². The topological polar surface area (TPSA) is 47.6 Å². The number of benzene rings is 1. The second-order valence-electron chi connectivity index (χ2n) is 4.49. The Bertz CT molecular complexity index is 438. The van der Waals surface area contributed by atoms with E-state index >= 15 is 0 Å². The molecule has 17 heavy (non-hydrogen) atoms. The summed E-state index contributed by atoms with van der Waals surface area (Å²) in [6, 6.07) is 5.73. The summed E-state index contributed by atoms with van der Waals surface area (Å²) in [5.41, 5.74) is 0.576. The number of nitrogens with one attached hydrogen (secondary N) is 1. The Labute approximate surface area is 99.9 Å². The molecule has 1 heterocycles. The van der Waals surface area contributed by atoms with Gasteiger partial charge in [0.15, 0.2) is 11.5 Å². The van der Waals surface area contributed by atoms with Crippen molar-refractivity contribution in [2.45, 2.75) is 31.7 Å². The van der Waals surface area contributed by atoms with Gasteiger partial charge in [0, 0.05) is 6.04 Å². The van der Waals surface area contributed by atoms with E-state index < -0.39 is 0 Å². The van der Waals surface area contributed by atoms with Gasteiger partial charge in [-0.15, -0.1) is 0 Å². The Balaban J connectivity index is 1.79. The van der Waals surface area contributed by atoms with Crippen molar-refractivity contribution in [2.75, 3.05) is 6.79 Å². The highest BCUT2D eigenvalue weighted by Gasteiger charge is 2.24. The number of rotatable bonds is 2. The molecule has 0 spiro atoms. The molecule has 1 aliphatic heterocycles. The van der Waals surface area contributed by atoms with Gasteiger partial charge in [-0.05, 0) is 25.0 Å². The van der Waals surface area contributed by atoms with Crippen molar-refractivity contribution in [1.82, 2.24) is 5.32 Å². The highest BCUT2D eigenvalue weighted by molar-refractivity contribution is 5.98. The maximum atomic E-state index is 12.1. The van der Waals surface area contributed by atoms with Crippen LogP contribution in [-0.4, -0.2) is 18.7 Å². The van der Waals surface area contributed by atoms with Crippen LogP contribution in [0.25, 0.3) is 0 Å². The van der Waals surface area contributed by atoms with Crippen LogP contribution in [0.1, 0.15) is 36.0 Å². The molecule has 0 radical (unpaired) electrons. The van der Waals surface area contributed by atoms with E-state index in [1.54, 1.807) is 6.07 Å². The van der Waals surface area contributed by atoms with Gasteiger partial charge in [0.05, 0.1) is 5.56 Å². The Morgan fingerprint density at radius 2 is 2.06 bits per heavy atom. The molecule has 0 unspecified atom stereocenters. The van der Waals surface area contributed by atoms with E-state index in [0.717, 1.165) is 12.8 Å². The predicted molar refractivity (Wildman–Crippen MR) is 62.3 cm³/mol. The first-order chi connectivity index (χ1) is 8.34. The van der Waals surface area contributed by atoms with Gasteiger partial charge < -0.3 is 14.8 Å². The van der Waals surface area contributed by atoms with Crippen molar-refractivity contribution >= 4 is 5.91 Å². The number of hydrogen-bond donors (Lipinski definition) is 1. The number of amides is 1. The Kier molecular flexibility index (Phi) is 2.63. The second-order valence-corrected chi connectivity index (χ2v) is 4.49. The second kappa shape index (κ2) is 4.28. The lowest BCUT2D eigenvalue weighted by Crippen LogP contribution is -2.32. The van der Waals surface area contributed by atoms with Gasteiger partial charge in [0.25, 0.3) is 5.91 Å². The maximum absolute atomic E-state index is 12.1. The minimum atomic E-state index is -0.0562. The summed E-state index contributed by atoms with van der Waals surface area (Å²) in [5.74, 6) is 1.17. The van der Waals surface area contributed by atoms with E-state index in [0.29, 0.717) is 23.1 Å². The van der Waals surface area contributed by atoms with Crippen LogP contribution in [0.15, 0.2) is 18.2 Å². The zero-order valence-electron chi connectivity index (χ0n) is 9.57. The molecule has 1 aromatic rings. The molecule has 3 rings (SSSR count). The molecule has 0 aromatic heterocycles. The number of fused-ring (bicyclic) bond motifs is 1. The van der Waals surface area contributed by atoms with Crippen LogP contribution < -0.4 is 14.8 Å². The van der Waals surface area contributed by atoms with Gasteiger partial charge in [-0.25, -0.2) is 0 Å². The van der Waals surface area contributed by atoms with Gasteiger partial charge in [0.2, 0.25) is 6.79 Å². The van der Waals surface area contributed by atoms with Gasteiger partial charge in [-0.1, -0.05) is 18.9 Å². The minimum absolute atomic E-state index is 0.0562. The summed E-state index contributed by atoms with van der Waals surface area (Å²) in [6.07, 6.45) is 4.57. The predicted octanol–water partition coefficient (Wildman–Crippen LogP) is 2.09. The molecule has 1 aromatic carbocycles. The summed E-state index contributed by atoms with van der Waals surface area (Å²) >= 11 is 0. The summed E-state index contributed by atoms with van der Waals surface area (Å²) in [6.45, 7) is 0.197. The number of carbonyl (C=O) groups excluding carboxylic acids is 1. The molecule has 4 nitrogen and oxygen atoms in total. The van der Waals surface area contributed by atoms with Crippen LogP contribution in [0.3, 0.4) is 0 Å². The zero-order valence-corrected chi connectivity index (χ0v) is 9.57. The molecular formula is C13H15NO3. The monoisotopic (exact) mass is 233 g/mol. The number of ether oxygens (including phenoxy) is 2. The molecule has 90 valence electrons. The normalized spacial score (nSPS) is 18.4. The van der Waals surface area contributed by atoms with E-state index in [9.17, 15) is 4.79 Å². The molecule has 0 atom stereocenters. The molecule has 0 bridgehead atoms. The first-order valence-electron chi connectivity index (χ1n) is 6.04. The summed E-state index contributed by atoms with van der Waals surface area (Å²) in [7, 11) is 0. The highest BCUT2D eigenvalue weighted by Crippen LogP contribution is 2.35. The van der Waals surface area contributed by atoms with Crippen molar-refractivity contribution in [3.8, 4) is 11.5 Å². The molecule has 1 N–H and O–H groups in total. The Hall–Kier alpha value is -1.71. The smallest absolute Gasteiger partial charge is 0.255 e. The van der Waals surface area contributed by atoms with E-state index in [2.05, 4.69) is 5.32 Å². The van der Waals surface area contributed by atoms with Crippen molar-refractivity contribution in [1.29, 1.82) is 0 Å². The summed E-state index contributed by atoms with van der Waals surface area (Å²) < 4.78 is 10.6. The third kappa shape index (κ3) is 1.95. The van der Waals surface area contributed by atoms with E-state index in [1.165, 1.54) is 12.8 Å². The highest BCUT2D eigenvalue weighted by atomic mass is 16.7. The first kappa shape index (κ1) is 10.4. The lowest BCUT2D eigenvalue weighted by atomic mass is 10.1. The summed E-state index contributed by atoms with van der Waals surface area (Å²) in [4.78, 5) is 12.1. The molecule has 1 aliphatic carbocycles. The fourth-order valence-electron chi connectivity index (χ4n) is 2.44. The number of carbonyl (C=O) groups is 1. The van der Waals surface area contributed by atoms with Crippen LogP contribution in [0, 0.1) is 0 Å². The van der Waals surface area contributed by atoms with E-state index in [4.69, 9.17) is 9.47 Å². The van der Waals surface area contributed by atoms with Crippen molar-refractivity contribution < 1.29 is 14.3 Å². The molecule has 1 saturated carbocycles. The largest absolute Gasteiger partial charge is 0.454 e. The summed E-state index contributed by atoms with van der Waals surface area (Å²) in [5, 5.41) is 3.05. The number of hydrogen-bond acceptors (Lipinski definition) is 3. The number of para-hydroxylation sites is 1. The molecule has 2 aliphatic rings. The van der Waals surface area contributed by atoms with Crippen LogP contribution >= 0.6 is 0 Å². The zero-order chi connectivity index (χ0) is 11.7. The quantitative estimate of drug-likeness (QED) is 0.850. The van der Waals surface area contributed by atoms with Crippen molar-refractivity contribution in [2.24, 2.45) is 0 Å². The fraction of sp³-hybridized carbons (Fsp3) is 0.462. The lowest BCUT2D eigenvalue weighted by Gasteiger charge is -2.12. The van der Waals surface area contributed by atoms with Gasteiger partial charge in [-0.3, -0.25) is 4.79 Å². The average molecular weight is 233 g/mol. The lowest BCUT2D eigenvalue weighted by molar-refractivity contribution is 0.0933. The van der Waals surface area contributed by atoms with Crippen molar-refractivity contribution in [3.05, 3.63) is 23.8 Å². The SMILES string of the molecule is O=C(NC1CCCC1)c1cccc2c1OCO2. The Morgan fingerprint density at radius 3 is 2.88 bits per heavy atom. The van der Waals surface area contributed by atoms with Crippen LogP contribution in [0.2, 0.25) is 0 Å². The molecule has 1 fully saturated rings. The molecule has 4 heteroatoms. The van der Waals surface area contributed by atoms with Gasteiger partial charge >= 0.3 is 0 Å². The van der Waals surface area contributed by atoms with E-state index in [-0.39, 0.29) is 12.7 Å². The van der Waals surface area contributed by atoms with Crippen LogP contribution in [0.5, 0.6) is 11.5 Å². The standard InChI is InChI=1S/C13H15NO3/c15-13(14-9-4-1-2-5-9)10-6-3-7-11-12(10)17-8-16-11/h3,6-7,9H,1-2,4-5,8H2,(H,14,15). The van der Waals surface area contributed by atoms with Crippen LogP contribution in [-0.2, 0) is 0 Å². The maximum Gasteiger partial charge on any atom is 0.255 e. The fourth-order valence-corrected chi connectivity index (χ4v) is 2.44.